The number of carbonyl (C=O) groups excluding carboxylic acids is 2. The molecule has 4 aromatic rings. The van der Waals surface area contributed by atoms with Crippen LogP contribution in [0, 0.1) is 5.82 Å². The summed E-state index contributed by atoms with van der Waals surface area (Å²) < 4.78 is 18.7. The van der Waals surface area contributed by atoms with Crippen molar-refractivity contribution in [2.45, 2.75) is 19.4 Å². The Bertz CT molecular complexity index is 1330. The van der Waals surface area contributed by atoms with Gasteiger partial charge >= 0.3 is 0 Å². The van der Waals surface area contributed by atoms with Crippen molar-refractivity contribution in [2.24, 2.45) is 0 Å². The number of amides is 2. The number of tetrazole rings is 1. The van der Waals surface area contributed by atoms with Crippen molar-refractivity contribution in [1.29, 1.82) is 0 Å². The number of ether oxygens (including phenoxy) is 1. The third kappa shape index (κ3) is 6.26. The third-order valence-corrected chi connectivity index (χ3v) is 5.07. The second-order valence-electron chi connectivity index (χ2n) is 7.61. The van der Waals surface area contributed by atoms with Crippen LogP contribution in [0.1, 0.15) is 23.2 Å². The van der Waals surface area contributed by atoms with Crippen molar-refractivity contribution in [3.05, 3.63) is 84.2 Å². The molecule has 0 spiro atoms. The predicted molar refractivity (Wildman–Crippen MR) is 128 cm³/mol. The van der Waals surface area contributed by atoms with Gasteiger partial charge in [0.1, 0.15) is 11.6 Å². The van der Waals surface area contributed by atoms with E-state index in [0.717, 1.165) is 11.6 Å². The molecule has 1 heterocycles. The van der Waals surface area contributed by atoms with Crippen LogP contribution in [0.15, 0.2) is 72.8 Å². The normalized spacial score (nSPS) is 10.6. The highest BCUT2D eigenvalue weighted by Crippen LogP contribution is 2.28. The zero-order valence-electron chi connectivity index (χ0n) is 18.9. The van der Waals surface area contributed by atoms with Gasteiger partial charge < -0.3 is 15.4 Å². The minimum Gasteiger partial charge on any atom is -0.495 e. The molecule has 9 nitrogen and oxygen atoms in total. The van der Waals surface area contributed by atoms with Crippen molar-refractivity contribution in [3.8, 4) is 17.1 Å². The number of hydrogen-bond acceptors (Lipinski definition) is 6. The monoisotopic (exact) mass is 474 g/mol. The fourth-order valence-electron chi connectivity index (χ4n) is 3.35. The summed E-state index contributed by atoms with van der Waals surface area (Å²) in [4.78, 5) is 26.4. The van der Waals surface area contributed by atoms with Crippen LogP contribution in [0.2, 0.25) is 0 Å². The van der Waals surface area contributed by atoms with E-state index in [1.807, 2.05) is 30.3 Å². The quantitative estimate of drug-likeness (QED) is 0.377. The Kier molecular flexibility index (Phi) is 7.41. The van der Waals surface area contributed by atoms with Gasteiger partial charge in [-0.15, -0.1) is 10.2 Å². The lowest BCUT2D eigenvalue weighted by Crippen LogP contribution is -2.15. The molecule has 1 aromatic heterocycles. The first-order valence-electron chi connectivity index (χ1n) is 10.9. The molecule has 0 aliphatic rings. The third-order valence-electron chi connectivity index (χ3n) is 5.07. The van der Waals surface area contributed by atoms with Gasteiger partial charge in [0, 0.05) is 23.2 Å². The molecule has 35 heavy (non-hydrogen) atoms. The Hall–Kier alpha value is -4.60. The number of aromatic nitrogens is 4. The summed E-state index contributed by atoms with van der Waals surface area (Å²) in [5.41, 5.74) is 1.87. The molecule has 10 heteroatoms. The second kappa shape index (κ2) is 11.0. The molecule has 2 amide bonds. The van der Waals surface area contributed by atoms with E-state index < -0.39 is 11.7 Å². The number of nitrogens with zero attached hydrogens (tertiary/aromatic N) is 4. The van der Waals surface area contributed by atoms with Crippen molar-refractivity contribution in [3.63, 3.8) is 0 Å². The van der Waals surface area contributed by atoms with E-state index in [1.54, 1.807) is 18.2 Å². The van der Waals surface area contributed by atoms with Gasteiger partial charge in [0.15, 0.2) is 0 Å². The molecule has 4 rings (SSSR count). The lowest BCUT2D eigenvalue weighted by molar-refractivity contribution is -0.116. The van der Waals surface area contributed by atoms with Gasteiger partial charge in [0.05, 0.1) is 19.3 Å². The van der Waals surface area contributed by atoms with Crippen molar-refractivity contribution >= 4 is 23.2 Å². The minimum atomic E-state index is -0.511. The van der Waals surface area contributed by atoms with Crippen LogP contribution < -0.4 is 15.4 Å². The fourth-order valence-corrected chi connectivity index (χ4v) is 3.35. The summed E-state index contributed by atoms with van der Waals surface area (Å²) >= 11 is 0. The highest BCUT2D eigenvalue weighted by atomic mass is 19.1. The Morgan fingerprint density at radius 3 is 2.60 bits per heavy atom. The Labute approximate surface area is 200 Å². The second-order valence-corrected chi connectivity index (χ2v) is 7.61. The summed E-state index contributed by atoms with van der Waals surface area (Å²) in [6.45, 7) is 0.435. The van der Waals surface area contributed by atoms with Gasteiger partial charge in [0.25, 0.3) is 5.91 Å². The molecular weight excluding hydrogens is 451 g/mol. The summed E-state index contributed by atoms with van der Waals surface area (Å²) in [5, 5.41) is 17.9. The molecule has 178 valence electrons. The van der Waals surface area contributed by atoms with E-state index in [0.29, 0.717) is 35.9 Å². The van der Waals surface area contributed by atoms with E-state index in [2.05, 4.69) is 26.0 Å². The van der Waals surface area contributed by atoms with E-state index in [1.165, 1.54) is 30.1 Å². The topological polar surface area (TPSA) is 111 Å². The van der Waals surface area contributed by atoms with Crippen molar-refractivity contribution in [2.75, 3.05) is 17.7 Å². The molecule has 3 aromatic carbocycles. The lowest BCUT2D eigenvalue weighted by Gasteiger charge is -2.13. The molecule has 0 unspecified atom stereocenters. The van der Waals surface area contributed by atoms with Crippen LogP contribution in [0.4, 0.5) is 15.8 Å². The van der Waals surface area contributed by atoms with Crippen LogP contribution in [-0.4, -0.2) is 39.1 Å². The van der Waals surface area contributed by atoms with Crippen LogP contribution >= 0.6 is 0 Å². The average molecular weight is 474 g/mol. The number of methoxy groups -OCH3 is 1. The average Bonchev–Trinajstić information content (AvgIpc) is 3.34. The van der Waals surface area contributed by atoms with E-state index in [9.17, 15) is 14.0 Å². The number of anilines is 2. The van der Waals surface area contributed by atoms with Gasteiger partial charge in [-0.1, -0.05) is 36.4 Å². The predicted octanol–water partition coefficient (Wildman–Crippen LogP) is 4.16. The summed E-state index contributed by atoms with van der Waals surface area (Å²) in [7, 11) is 1.47. The Balaban J connectivity index is 1.33. The maximum atomic E-state index is 13.4. The Morgan fingerprint density at radius 1 is 1.00 bits per heavy atom. The molecule has 2 N–H and O–H groups in total. The Morgan fingerprint density at radius 2 is 1.83 bits per heavy atom. The van der Waals surface area contributed by atoms with Gasteiger partial charge in [-0.3, -0.25) is 9.59 Å². The number of aryl methyl sites for hydroxylation is 1. The summed E-state index contributed by atoms with van der Waals surface area (Å²) in [5.74, 6) is -0.286. The fraction of sp³-hybridized carbons (Fsp3) is 0.160. The number of halogens is 1. The SMILES string of the molecule is COc1ccc(NC(=O)CCCn2nnc(-c3ccccc3)n2)cc1NC(=O)c1cccc(F)c1. The highest BCUT2D eigenvalue weighted by Gasteiger charge is 2.13. The van der Waals surface area contributed by atoms with E-state index >= 15 is 0 Å². The number of nitrogens with one attached hydrogen (secondary N) is 2. The molecule has 0 saturated heterocycles. The molecule has 0 fully saturated rings. The highest BCUT2D eigenvalue weighted by molar-refractivity contribution is 6.05. The molecule has 0 atom stereocenters. The number of rotatable bonds is 9. The zero-order chi connectivity index (χ0) is 24.6. The first-order chi connectivity index (χ1) is 17.0. The largest absolute Gasteiger partial charge is 0.495 e. The van der Waals surface area contributed by atoms with Crippen LogP contribution in [0.3, 0.4) is 0 Å². The number of carbonyl (C=O) groups is 2. The molecule has 0 saturated carbocycles. The van der Waals surface area contributed by atoms with E-state index in [4.69, 9.17) is 4.74 Å². The van der Waals surface area contributed by atoms with Gasteiger partial charge in [-0.25, -0.2) is 4.39 Å². The first kappa shape index (κ1) is 23.6. The maximum absolute atomic E-state index is 13.4. The van der Waals surface area contributed by atoms with E-state index in [-0.39, 0.29) is 17.9 Å². The summed E-state index contributed by atoms with van der Waals surface area (Å²) in [6, 6.07) is 19.7. The van der Waals surface area contributed by atoms with Crippen LogP contribution in [0.5, 0.6) is 5.75 Å². The van der Waals surface area contributed by atoms with Gasteiger partial charge in [-0.2, -0.15) is 4.80 Å². The van der Waals surface area contributed by atoms with Crippen LogP contribution in [-0.2, 0) is 11.3 Å². The molecule has 0 radical (unpaired) electrons. The zero-order valence-corrected chi connectivity index (χ0v) is 18.9. The van der Waals surface area contributed by atoms with Crippen molar-refractivity contribution < 1.29 is 18.7 Å². The van der Waals surface area contributed by atoms with Gasteiger partial charge in [-0.05, 0) is 48.0 Å². The molecule has 0 aliphatic carbocycles. The van der Waals surface area contributed by atoms with Gasteiger partial charge in [0.2, 0.25) is 11.7 Å². The minimum absolute atomic E-state index is 0.165. The lowest BCUT2D eigenvalue weighted by atomic mass is 10.2. The number of hydrogen-bond donors (Lipinski definition) is 2. The molecule has 0 bridgehead atoms. The first-order valence-corrected chi connectivity index (χ1v) is 10.9. The standard InChI is InChI=1S/C25H23FN6O3/c1-35-22-13-12-20(16-21(22)28-25(34)18-9-5-10-19(26)15-18)27-23(33)11-6-14-32-30-24(29-31-32)17-7-3-2-4-8-17/h2-5,7-10,12-13,15-16H,6,11,14H2,1H3,(H,27,33)(H,28,34). The number of benzene rings is 3. The molecular formula is C25H23FN6O3. The van der Waals surface area contributed by atoms with Crippen molar-refractivity contribution in [1.82, 2.24) is 20.2 Å². The van der Waals surface area contributed by atoms with Crippen LogP contribution in [0.25, 0.3) is 11.4 Å². The molecule has 0 aliphatic heterocycles. The maximum Gasteiger partial charge on any atom is 0.255 e. The summed E-state index contributed by atoms with van der Waals surface area (Å²) in [6.07, 6.45) is 0.745. The smallest absolute Gasteiger partial charge is 0.255 e.